The van der Waals surface area contributed by atoms with Crippen LogP contribution in [-0.4, -0.2) is 56.4 Å². The van der Waals surface area contributed by atoms with E-state index in [1.54, 1.807) is 23.8 Å². The first-order chi connectivity index (χ1) is 20.7. The summed E-state index contributed by atoms with van der Waals surface area (Å²) < 4.78 is 24.1. The fraction of sp³-hybridized carbons (Fsp3) is 0.250. The van der Waals surface area contributed by atoms with E-state index in [0.29, 0.717) is 23.0 Å². The van der Waals surface area contributed by atoms with Crippen LogP contribution >= 0.6 is 0 Å². The smallest absolute Gasteiger partial charge is 0.162 e. The van der Waals surface area contributed by atoms with Crippen LogP contribution in [0.5, 0.6) is 23.0 Å². The van der Waals surface area contributed by atoms with E-state index in [-0.39, 0.29) is 12.2 Å². The molecule has 1 aliphatic carbocycles. The molecule has 0 amide bonds. The minimum atomic E-state index is 0.0688. The van der Waals surface area contributed by atoms with E-state index in [9.17, 15) is 0 Å². The summed E-state index contributed by atoms with van der Waals surface area (Å²) in [5, 5.41) is 18.3. The quantitative estimate of drug-likeness (QED) is 0.225. The molecule has 212 valence electrons. The highest BCUT2D eigenvalue weighted by molar-refractivity contribution is 5.74. The van der Waals surface area contributed by atoms with Gasteiger partial charge in [-0.2, -0.15) is 9.59 Å². The molecule has 42 heavy (non-hydrogen) atoms. The predicted molar refractivity (Wildman–Crippen MR) is 158 cm³/mol. The lowest BCUT2D eigenvalue weighted by atomic mass is 9.95. The molecular formula is C32H30N6O4. The van der Waals surface area contributed by atoms with Gasteiger partial charge in [-0.05, 0) is 74.2 Å². The number of nitrogens with zero attached hydrogens (tertiary/aromatic N) is 6. The molecule has 0 saturated heterocycles. The summed E-state index contributed by atoms with van der Waals surface area (Å²) in [4.78, 5) is 3.24. The van der Waals surface area contributed by atoms with Crippen LogP contribution in [-0.2, 0) is 0 Å². The number of aromatic nitrogens is 6. The Morgan fingerprint density at radius 2 is 0.857 bits per heavy atom. The van der Waals surface area contributed by atoms with Gasteiger partial charge in [0, 0.05) is 12.1 Å². The van der Waals surface area contributed by atoms with Crippen molar-refractivity contribution < 1.29 is 18.9 Å². The molecule has 0 atom stereocenters. The molecule has 0 aliphatic heterocycles. The molecule has 0 spiro atoms. The number of hydrogen-bond donors (Lipinski definition) is 0. The lowest BCUT2D eigenvalue weighted by Gasteiger charge is -2.30. The molecule has 4 aromatic carbocycles. The van der Waals surface area contributed by atoms with Crippen LogP contribution in [0.4, 0.5) is 0 Å². The highest BCUT2D eigenvalue weighted by Gasteiger charge is 2.26. The Morgan fingerprint density at radius 3 is 1.19 bits per heavy atom. The van der Waals surface area contributed by atoms with Gasteiger partial charge in [0.05, 0.1) is 37.8 Å². The Kier molecular flexibility index (Phi) is 6.79. The van der Waals surface area contributed by atoms with E-state index in [0.717, 1.165) is 59.1 Å². The number of methoxy groups -OCH3 is 2. The Hall–Kier alpha value is -5.12. The van der Waals surface area contributed by atoms with Crippen molar-refractivity contribution in [1.29, 1.82) is 0 Å². The molecule has 1 aliphatic rings. The average molecular weight is 563 g/mol. The number of ether oxygens (including phenoxy) is 4. The van der Waals surface area contributed by atoms with E-state index in [1.165, 1.54) is 0 Å². The molecule has 6 aromatic rings. The maximum absolute atomic E-state index is 6.39. The maximum atomic E-state index is 6.39. The molecular weight excluding hydrogens is 532 g/mol. The van der Waals surface area contributed by atoms with Crippen LogP contribution in [0.3, 0.4) is 0 Å². The second kappa shape index (κ2) is 11.0. The zero-order valence-electron chi connectivity index (χ0n) is 23.4. The fourth-order valence-electron chi connectivity index (χ4n) is 5.33. The number of fused-ring (bicyclic) bond motifs is 2. The van der Waals surface area contributed by atoms with Gasteiger partial charge in [-0.3, -0.25) is 0 Å². The van der Waals surface area contributed by atoms with Gasteiger partial charge in [-0.25, -0.2) is 0 Å². The van der Waals surface area contributed by atoms with Gasteiger partial charge in [0.1, 0.15) is 22.1 Å². The Labute approximate surface area is 242 Å². The largest absolute Gasteiger partial charge is 0.493 e. The maximum Gasteiger partial charge on any atom is 0.162 e. The molecule has 1 fully saturated rings. The Bertz CT molecular complexity index is 1660. The van der Waals surface area contributed by atoms with Crippen molar-refractivity contribution in [2.24, 2.45) is 0 Å². The van der Waals surface area contributed by atoms with Crippen LogP contribution in [0, 0.1) is 0 Å². The summed E-state index contributed by atoms with van der Waals surface area (Å²) in [6.07, 6.45) is 3.61. The topological polar surface area (TPSA) is 98.3 Å². The first kappa shape index (κ1) is 25.8. The average Bonchev–Trinajstić information content (AvgIpc) is 3.67. The van der Waals surface area contributed by atoms with Crippen LogP contribution in [0.15, 0.2) is 84.9 Å². The third-order valence-electron chi connectivity index (χ3n) is 7.54. The van der Waals surface area contributed by atoms with Crippen molar-refractivity contribution >= 4 is 22.1 Å². The van der Waals surface area contributed by atoms with Crippen molar-refractivity contribution in [3.05, 3.63) is 84.9 Å². The molecule has 2 heterocycles. The molecule has 1 saturated carbocycles. The molecule has 10 nitrogen and oxygen atoms in total. The third-order valence-corrected chi connectivity index (χ3v) is 7.54. The minimum Gasteiger partial charge on any atom is -0.493 e. The van der Waals surface area contributed by atoms with Gasteiger partial charge in [0.15, 0.2) is 23.0 Å². The van der Waals surface area contributed by atoms with E-state index in [4.69, 9.17) is 18.9 Å². The number of rotatable bonds is 8. The summed E-state index contributed by atoms with van der Waals surface area (Å²) in [6.45, 7) is 0. The Morgan fingerprint density at radius 1 is 0.500 bits per heavy atom. The highest BCUT2D eigenvalue weighted by atomic mass is 16.5. The summed E-state index contributed by atoms with van der Waals surface area (Å²) in [5.74, 6) is 2.72. The minimum absolute atomic E-state index is 0.0688. The zero-order chi connectivity index (χ0) is 28.5. The van der Waals surface area contributed by atoms with Gasteiger partial charge in [0.2, 0.25) is 0 Å². The predicted octanol–water partition coefficient (Wildman–Crippen LogP) is 5.94. The molecule has 0 N–H and O–H groups in total. The van der Waals surface area contributed by atoms with Crippen molar-refractivity contribution in [1.82, 2.24) is 30.0 Å². The van der Waals surface area contributed by atoms with Crippen LogP contribution in [0.1, 0.15) is 25.7 Å². The van der Waals surface area contributed by atoms with E-state index < -0.39 is 0 Å². The van der Waals surface area contributed by atoms with Crippen molar-refractivity contribution in [3.63, 3.8) is 0 Å². The first-order valence-electron chi connectivity index (χ1n) is 14.0. The van der Waals surface area contributed by atoms with Gasteiger partial charge in [-0.1, -0.05) is 24.3 Å². The third kappa shape index (κ3) is 5.07. The summed E-state index contributed by atoms with van der Waals surface area (Å²) in [7, 11) is 3.29. The summed E-state index contributed by atoms with van der Waals surface area (Å²) >= 11 is 0. The van der Waals surface area contributed by atoms with Crippen molar-refractivity contribution in [2.45, 2.75) is 37.9 Å². The van der Waals surface area contributed by atoms with Crippen LogP contribution < -0.4 is 18.9 Å². The molecule has 0 unspecified atom stereocenters. The van der Waals surface area contributed by atoms with Gasteiger partial charge >= 0.3 is 0 Å². The lowest BCUT2D eigenvalue weighted by molar-refractivity contribution is 0.0773. The summed E-state index contributed by atoms with van der Waals surface area (Å²) in [5.41, 5.74) is 4.98. The lowest BCUT2D eigenvalue weighted by Crippen LogP contribution is -2.30. The number of hydrogen-bond acceptors (Lipinski definition) is 8. The fourth-order valence-corrected chi connectivity index (χ4v) is 5.33. The van der Waals surface area contributed by atoms with E-state index in [2.05, 4.69) is 20.4 Å². The summed E-state index contributed by atoms with van der Waals surface area (Å²) in [6, 6.07) is 27.1. The number of benzene rings is 4. The molecule has 0 bridgehead atoms. The van der Waals surface area contributed by atoms with Crippen LogP contribution in [0.2, 0.25) is 0 Å². The van der Waals surface area contributed by atoms with E-state index in [1.807, 2.05) is 84.9 Å². The molecule has 0 radical (unpaired) electrons. The monoisotopic (exact) mass is 562 g/mol. The van der Waals surface area contributed by atoms with Gasteiger partial charge < -0.3 is 18.9 Å². The first-order valence-corrected chi connectivity index (χ1v) is 14.0. The molecule has 2 aromatic heterocycles. The standard InChI is InChI=1S/C32H30N6O4/c1-39-31-19-21(37-33-25-7-3-4-8-26(25)34-37)11-17-29(31)41-23-13-15-24(16-14-23)42-30-18-12-22(20-32(30)40-2)38-35-27-9-5-6-10-28(27)36-38/h3-12,17-20,23-24H,13-16H2,1-2H3. The van der Waals surface area contributed by atoms with Gasteiger partial charge in [0.25, 0.3) is 0 Å². The van der Waals surface area contributed by atoms with Gasteiger partial charge in [-0.15, -0.1) is 20.4 Å². The normalized spacial score (nSPS) is 16.9. The van der Waals surface area contributed by atoms with Crippen molar-refractivity contribution in [2.75, 3.05) is 14.2 Å². The van der Waals surface area contributed by atoms with E-state index >= 15 is 0 Å². The highest BCUT2D eigenvalue weighted by Crippen LogP contribution is 2.36. The van der Waals surface area contributed by atoms with Crippen molar-refractivity contribution in [3.8, 4) is 34.4 Å². The Balaban J connectivity index is 0.991. The second-order valence-corrected chi connectivity index (χ2v) is 10.3. The SMILES string of the molecule is COc1cc(-n2nc3ccccc3n2)ccc1OC1CCC(Oc2ccc(-n3nc4ccccc4n3)cc2OC)CC1. The molecule has 7 rings (SSSR count). The second-order valence-electron chi connectivity index (χ2n) is 10.3. The molecule has 10 heteroatoms. The van der Waals surface area contributed by atoms with Crippen LogP contribution in [0.25, 0.3) is 33.4 Å². The zero-order valence-corrected chi connectivity index (χ0v) is 23.4.